The normalized spacial score (nSPS) is 12.9. The second-order valence-corrected chi connectivity index (χ2v) is 6.26. The van der Waals surface area contributed by atoms with E-state index in [-0.39, 0.29) is 0 Å². The van der Waals surface area contributed by atoms with Gasteiger partial charge in [0.2, 0.25) is 0 Å². The molecule has 1 N–H and O–H groups in total. The molecule has 0 bridgehead atoms. The molecule has 1 heterocycles. The SMILES string of the molecule is CNC(C)c1ccc(-c2ccc(CN(C)C)cc2)s1. The Hall–Kier alpha value is -1.16. The van der Waals surface area contributed by atoms with E-state index in [1.807, 2.05) is 18.4 Å². The van der Waals surface area contributed by atoms with Crippen molar-refractivity contribution in [3.05, 3.63) is 46.8 Å². The third kappa shape index (κ3) is 3.66. The summed E-state index contributed by atoms with van der Waals surface area (Å²) < 4.78 is 0. The van der Waals surface area contributed by atoms with Gasteiger partial charge >= 0.3 is 0 Å². The predicted molar refractivity (Wildman–Crippen MR) is 84.6 cm³/mol. The first kappa shape index (κ1) is 14.3. The fourth-order valence-corrected chi connectivity index (χ4v) is 3.10. The Kier molecular flexibility index (Phi) is 4.75. The standard InChI is InChI=1S/C16H22N2S/c1-12(17-2)15-9-10-16(19-15)14-7-5-13(6-8-14)11-18(3)4/h5-10,12,17H,11H2,1-4H3. The molecule has 19 heavy (non-hydrogen) atoms. The van der Waals surface area contributed by atoms with Gasteiger partial charge in [0.05, 0.1) is 0 Å². The first-order valence-corrected chi connectivity index (χ1v) is 7.43. The van der Waals surface area contributed by atoms with Crippen molar-refractivity contribution in [3.63, 3.8) is 0 Å². The number of nitrogens with one attached hydrogen (secondary N) is 1. The van der Waals surface area contributed by atoms with E-state index in [0.717, 1.165) is 6.54 Å². The highest BCUT2D eigenvalue weighted by molar-refractivity contribution is 7.15. The first-order valence-electron chi connectivity index (χ1n) is 6.61. The molecule has 0 aliphatic heterocycles. The first-order chi connectivity index (χ1) is 9.10. The molecule has 0 radical (unpaired) electrons. The molecule has 0 spiro atoms. The molecule has 0 aliphatic carbocycles. The van der Waals surface area contributed by atoms with Gasteiger partial charge < -0.3 is 10.2 Å². The zero-order valence-corrected chi connectivity index (χ0v) is 12.9. The van der Waals surface area contributed by atoms with Crippen molar-refractivity contribution in [2.75, 3.05) is 21.1 Å². The Morgan fingerprint density at radius 3 is 2.37 bits per heavy atom. The number of rotatable bonds is 5. The lowest BCUT2D eigenvalue weighted by atomic mass is 10.1. The molecule has 2 aromatic rings. The predicted octanol–water partition coefficient (Wildman–Crippen LogP) is 3.76. The maximum Gasteiger partial charge on any atom is 0.0383 e. The maximum atomic E-state index is 3.28. The van der Waals surface area contributed by atoms with Crippen molar-refractivity contribution in [2.24, 2.45) is 0 Å². The highest BCUT2D eigenvalue weighted by Gasteiger charge is 2.07. The molecule has 1 unspecified atom stereocenters. The van der Waals surface area contributed by atoms with Crippen molar-refractivity contribution in [1.82, 2.24) is 10.2 Å². The zero-order valence-electron chi connectivity index (χ0n) is 12.1. The van der Waals surface area contributed by atoms with Crippen molar-refractivity contribution in [1.29, 1.82) is 0 Å². The van der Waals surface area contributed by atoms with Crippen LogP contribution >= 0.6 is 11.3 Å². The Bertz CT molecular complexity index is 514. The molecule has 0 amide bonds. The molecule has 0 aliphatic rings. The molecular formula is C16H22N2S. The number of thiophene rings is 1. The van der Waals surface area contributed by atoms with Gasteiger partial charge in [-0.25, -0.2) is 0 Å². The van der Waals surface area contributed by atoms with Crippen molar-refractivity contribution in [3.8, 4) is 10.4 Å². The van der Waals surface area contributed by atoms with Gasteiger partial charge in [-0.15, -0.1) is 11.3 Å². The molecular weight excluding hydrogens is 252 g/mol. The van der Waals surface area contributed by atoms with Gasteiger partial charge in [0.25, 0.3) is 0 Å². The quantitative estimate of drug-likeness (QED) is 0.893. The van der Waals surface area contributed by atoms with E-state index in [1.165, 1.54) is 20.9 Å². The van der Waals surface area contributed by atoms with Crippen molar-refractivity contribution < 1.29 is 0 Å². The largest absolute Gasteiger partial charge is 0.313 e. The van der Waals surface area contributed by atoms with Crippen LogP contribution in [0.2, 0.25) is 0 Å². The van der Waals surface area contributed by atoms with E-state index in [9.17, 15) is 0 Å². The van der Waals surface area contributed by atoms with Gasteiger partial charge in [-0.3, -0.25) is 0 Å². The summed E-state index contributed by atoms with van der Waals surface area (Å²) >= 11 is 1.87. The molecule has 102 valence electrons. The van der Waals surface area contributed by atoms with E-state index >= 15 is 0 Å². The Morgan fingerprint density at radius 1 is 1.11 bits per heavy atom. The minimum atomic E-state index is 0.423. The van der Waals surface area contributed by atoms with Crippen molar-refractivity contribution in [2.45, 2.75) is 19.5 Å². The summed E-state index contributed by atoms with van der Waals surface area (Å²) in [7, 11) is 6.19. The second-order valence-electron chi connectivity index (χ2n) is 5.15. The van der Waals surface area contributed by atoms with Crippen LogP contribution in [0.15, 0.2) is 36.4 Å². The van der Waals surface area contributed by atoms with Crippen LogP contribution in [0.3, 0.4) is 0 Å². The summed E-state index contributed by atoms with van der Waals surface area (Å²) in [6.07, 6.45) is 0. The van der Waals surface area contributed by atoms with Crippen molar-refractivity contribution >= 4 is 11.3 Å². The van der Waals surface area contributed by atoms with Crippen LogP contribution in [-0.4, -0.2) is 26.0 Å². The van der Waals surface area contributed by atoms with Gasteiger partial charge in [0.1, 0.15) is 0 Å². The molecule has 3 heteroatoms. The van der Waals surface area contributed by atoms with Gasteiger partial charge in [-0.2, -0.15) is 0 Å². The highest BCUT2D eigenvalue weighted by Crippen LogP contribution is 2.31. The summed E-state index contributed by atoms with van der Waals surface area (Å²) in [5.41, 5.74) is 2.66. The smallest absolute Gasteiger partial charge is 0.0383 e. The maximum absolute atomic E-state index is 3.28. The van der Waals surface area contributed by atoms with Crippen LogP contribution in [0.4, 0.5) is 0 Å². The summed E-state index contributed by atoms with van der Waals surface area (Å²) in [5.74, 6) is 0. The van der Waals surface area contributed by atoms with E-state index in [1.54, 1.807) is 0 Å². The summed E-state index contributed by atoms with van der Waals surface area (Å²) in [5, 5.41) is 3.28. The van der Waals surface area contributed by atoms with Gasteiger partial charge in [0, 0.05) is 22.3 Å². The number of hydrogen-bond donors (Lipinski definition) is 1. The van der Waals surface area contributed by atoms with E-state index in [4.69, 9.17) is 0 Å². The van der Waals surface area contributed by atoms with Crippen LogP contribution < -0.4 is 5.32 Å². The van der Waals surface area contributed by atoms with Gasteiger partial charge in [-0.05, 0) is 51.3 Å². The van der Waals surface area contributed by atoms with E-state index in [2.05, 4.69) is 67.6 Å². The highest BCUT2D eigenvalue weighted by atomic mass is 32.1. The van der Waals surface area contributed by atoms with Crippen LogP contribution in [0.25, 0.3) is 10.4 Å². The average molecular weight is 274 g/mol. The summed E-state index contributed by atoms with van der Waals surface area (Å²) in [4.78, 5) is 4.91. The van der Waals surface area contributed by atoms with Crippen LogP contribution in [0.5, 0.6) is 0 Å². The summed E-state index contributed by atoms with van der Waals surface area (Å²) in [6.45, 7) is 3.18. The monoisotopic (exact) mass is 274 g/mol. The lowest BCUT2D eigenvalue weighted by molar-refractivity contribution is 0.402. The molecule has 0 saturated heterocycles. The zero-order chi connectivity index (χ0) is 13.8. The minimum absolute atomic E-state index is 0.423. The third-order valence-corrected chi connectivity index (χ3v) is 4.54. The second kappa shape index (κ2) is 6.33. The molecule has 0 saturated carbocycles. The number of nitrogens with zero attached hydrogens (tertiary/aromatic N) is 1. The molecule has 1 atom stereocenters. The molecule has 2 rings (SSSR count). The van der Waals surface area contributed by atoms with Gasteiger partial charge in [0.15, 0.2) is 0 Å². The molecule has 1 aromatic heterocycles. The van der Waals surface area contributed by atoms with E-state index < -0.39 is 0 Å². The van der Waals surface area contributed by atoms with Crippen LogP contribution in [0, 0.1) is 0 Å². The Morgan fingerprint density at radius 2 is 1.79 bits per heavy atom. The van der Waals surface area contributed by atoms with Crippen LogP contribution in [-0.2, 0) is 6.54 Å². The molecule has 1 aromatic carbocycles. The van der Waals surface area contributed by atoms with Crippen LogP contribution in [0.1, 0.15) is 23.4 Å². The fourth-order valence-electron chi connectivity index (χ4n) is 2.02. The minimum Gasteiger partial charge on any atom is -0.313 e. The van der Waals surface area contributed by atoms with E-state index in [0.29, 0.717) is 6.04 Å². The fraction of sp³-hybridized carbons (Fsp3) is 0.375. The average Bonchev–Trinajstić information content (AvgIpc) is 2.87. The van der Waals surface area contributed by atoms with Gasteiger partial charge in [-0.1, -0.05) is 24.3 Å². The lowest BCUT2D eigenvalue weighted by Crippen LogP contribution is -2.10. The third-order valence-electron chi connectivity index (χ3n) is 3.22. The summed E-state index contributed by atoms with van der Waals surface area (Å²) in [6, 6.07) is 13.7. The molecule has 0 fully saturated rings. The Balaban J connectivity index is 2.15. The molecule has 2 nitrogen and oxygen atoms in total. The number of hydrogen-bond acceptors (Lipinski definition) is 3. The Labute approximate surface area is 120 Å². The number of benzene rings is 1. The lowest BCUT2D eigenvalue weighted by Gasteiger charge is -2.09. The topological polar surface area (TPSA) is 15.3 Å².